The van der Waals surface area contributed by atoms with Crippen LogP contribution in [0.15, 0.2) is 28.4 Å². The number of hydrogen-bond acceptors (Lipinski definition) is 4. The molecule has 2 N–H and O–H groups in total. The van der Waals surface area contributed by atoms with Gasteiger partial charge in [0.15, 0.2) is 0 Å². The molecule has 1 aromatic rings. The topological polar surface area (TPSA) is 101 Å². The van der Waals surface area contributed by atoms with Crippen molar-refractivity contribution in [3.05, 3.63) is 23.8 Å². The Kier molecular flexibility index (Phi) is 4.92. The zero-order valence-electron chi connectivity index (χ0n) is 9.51. The Morgan fingerprint density at radius 2 is 2.24 bits per heavy atom. The van der Waals surface area contributed by atoms with Crippen molar-refractivity contribution in [1.82, 2.24) is 0 Å². The van der Waals surface area contributed by atoms with E-state index in [-0.39, 0.29) is 5.92 Å². The van der Waals surface area contributed by atoms with Crippen LogP contribution in [0.2, 0.25) is 0 Å². The molecule has 0 radical (unpaired) electrons. The van der Waals surface area contributed by atoms with Gasteiger partial charge in [0.05, 0.1) is 5.69 Å². The molecule has 0 aliphatic carbocycles. The Morgan fingerprint density at radius 3 is 2.76 bits per heavy atom. The summed E-state index contributed by atoms with van der Waals surface area (Å²) in [5.74, 6) is 0.282. The van der Waals surface area contributed by atoms with Crippen LogP contribution < -0.4 is 4.72 Å². The number of nitrogens with zero attached hydrogens (tertiary/aromatic N) is 2. The van der Waals surface area contributed by atoms with Crippen LogP contribution in [-0.4, -0.2) is 15.1 Å². The molecule has 6 nitrogen and oxygen atoms in total. The molecule has 0 heterocycles. The van der Waals surface area contributed by atoms with Crippen LogP contribution >= 0.6 is 0 Å². The van der Waals surface area contributed by atoms with E-state index in [1.807, 2.05) is 19.9 Å². The molecule has 17 heavy (non-hydrogen) atoms. The summed E-state index contributed by atoms with van der Waals surface area (Å²) in [6.45, 7) is 4.01. The maximum Gasteiger partial charge on any atom is 0.129 e. The molecular formula is C10H13N4O2S-. The molecule has 0 aliphatic heterocycles. The lowest BCUT2D eigenvalue weighted by atomic mass is 10.0. The van der Waals surface area contributed by atoms with E-state index in [0.29, 0.717) is 11.4 Å². The SMILES string of the molecule is CC(C)c1ccc(N=NC=N)c(NS(=O)[O-])c1. The predicted molar refractivity (Wildman–Crippen MR) is 66.4 cm³/mol. The maximum absolute atomic E-state index is 10.6. The highest BCUT2D eigenvalue weighted by Crippen LogP contribution is 2.29. The highest BCUT2D eigenvalue weighted by molar-refractivity contribution is 7.80. The second-order valence-electron chi connectivity index (χ2n) is 3.61. The van der Waals surface area contributed by atoms with Gasteiger partial charge in [-0.05, 0) is 23.6 Å². The minimum atomic E-state index is -2.41. The largest absolute Gasteiger partial charge is 0.755 e. The van der Waals surface area contributed by atoms with Crippen molar-refractivity contribution in [3.63, 3.8) is 0 Å². The monoisotopic (exact) mass is 253 g/mol. The first-order valence-corrected chi connectivity index (χ1v) is 6.01. The van der Waals surface area contributed by atoms with Crippen molar-refractivity contribution in [2.45, 2.75) is 19.8 Å². The standard InChI is InChI=1S/C10H14N4O2S/c1-7(2)8-3-4-9(13-12-6-11)10(5-8)14-17(15)16/h3-7,11,14H,1-2H3,(H,15,16)/p-1. The number of hydrogen-bond donors (Lipinski definition) is 2. The molecule has 1 aromatic carbocycles. The van der Waals surface area contributed by atoms with E-state index in [1.165, 1.54) is 0 Å². The molecule has 7 heteroatoms. The van der Waals surface area contributed by atoms with E-state index in [1.54, 1.807) is 12.1 Å². The lowest BCUT2D eigenvalue weighted by Crippen LogP contribution is -2.03. The average Bonchev–Trinajstić information content (AvgIpc) is 2.26. The van der Waals surface area contributed by atoms with Gasteiger partial charge in [-0.2, -0.15) is 0 Å². The summed E-state index contributed by atoms with van der Waals surface area (Å²) in [6, 6.07) is 5.22. The van der Waals surface area contributed by atoms with Crippen molar-refractivity contribution in [3.8, 4) is 0 Å². The number of anilines is 1. The lowest BCUT2D eigenvalue weighted by Gasteiger charge is -2.13. The first kappa shape index (κ1) is 13.5. The fourth-order valence-corrected chi connectivity index (χ4v) is 1.61. The van der Waals surface area contributed by atoms with E-state index in [0.717, 1.165) is 11.9 Å². The molecular weight excluding hydrogens is 240 g/mol. The van der Waals surface area contributed by atoms with Crippen LogP contribution in [0.5, 0.6) is 0 Å². The number of azo groups is 1. The molecule has 0 saturated carbocycles. The van der Waals surface area contributed by atoms with E-state index < -0.39 is 11.3 Å². The van der Waals surface area contributed by atoms with Crippen molar-refractivity contribution in [2.75, 3.05) is 4.72 Å². The van der Waals surface area contributed by atoms with Gasteiger partial charge in [-0.1, -0.05) is 19.9 Å². The van der Waals surface area contributed by atoms with Crippen LogP contribution in [0.1, 0.15) is 25.3 Å². The van der Waals surface area contributed by atoms with Gasteiger partial charge in [0.2, 0.25) is 0 Å². The second kappa shape index (κ2) is 6.21. The van der Waals surface area contributed by atoms with E-state index >= 15 is 0 Å². The number of benzene rings is 1. The molecule has 0 bridgehead atoms. The van der Waals surface area contributed by atoms with Crippen molar-refractivity contribution < 1.29 is 8.76 Å². The van der Waals surface area contributed by atoms with Gasteiger partial charge < -0.3 is 9.27 Å². The van der Waals surface area contributed by atoms with Crippen molar-refractivity contribution in [2.24, 2.45) is 10.2 Å². The number of nitrogens with one attached hydrogen (secondary N) is 2. The lowest BCUT2D eigenvalue weighted by molar-refractivity contribution is 0.542. The average molecular weight is 253 g/mol. The van der Waals surface area contributed by atoms with E-state index in [2.05, 4.69) is 15.0 Å². The van der Waals surface area contributed by atoms with Crippen LogP contribution in [-0.2, 0) is 11.3 Å². The van der Waals surface area contributed by atoms with Gasteiger partial charge in [0.1, 0.15) is 12.0 Å². The third-order valence-electron chi connectivity index (χ3n) is 2.10. The van der Waals surface area contributed by atoms with Crippen molar-refractivity contribution in [1.29, 1.82) is 5.41 Å². The third kappa shape index (κ3) is 4.04. The summed E-state index contributed by atoms with van der Waals surface area (Å²) in [6.07, 6.45) is 0.786. The van der Waals surface area contributed by atoms with Gasteiger partial charge in [-0.15, -0.1) is 10.2 Å². The molecule has 1 rings (SSSR count). The van der Waals surface area contributed by atoms with Gasteiger partial charge in [0, 0.05) is 11.3 Å². The fraction of sp³-hybridized carbons (Fsp3) is 0.300. The smallest absolute Gasteiger partial charge is 0.129 e. The Morgan fingerprint density at radius 1 is 1.53 bits per heavy atom. The molecule has 1 unspecified atom stereocenters. The maximum atomic E-state index is 10.6. The highest BCUT2D eigenvalue weighted by Gasteiger charge is 2.06. The van der Waals surface area contributed by atoms with Crippen LogP contribution in [0.3, 0.4) is 0 Å². The molecule has 0 fully saturated rings. The van der Waals surface area contributed by atoms with Gasteiger partial charge >= 0.3 is 0 Å². The summed E-state index contributed by atoms with van der Waals surface area (Å²) in [7, 11) is 0. The molecule has 0 aromatic heterocycles. The zero-order valence-corrected chi connectivity index (χ0v) is 10.3. The normalized spacial score (nSPS) is 12.9. The molecule has 0 spiro atoms. The van der Waals surface area contributed by atoms with Gasteiger partial charge in [0.25, 0.3) is 0 Å². The summed E-state index contributed by atoms with van der Waals surface area (Å²) in [5.41, 5.74) is 1.73. The molecule has 0 saturated heterocycles. The van der Waals surface area contributed by atoms with Gasteiger partial charge in [-0.3, -0.25) is 9.62 Å². The highest BCUT2D eigenvalue weighted by atomic mass is 32.2. The van der Waals surface area contributed by atoms with E-state index in [4.69, 9.17) is 5.41 Å². The van der Waals surface area contributed by atoms with E-state index in [9.17, 15) is 8.76 Å². The molecule has 1 atom stereocenters. The Balaban J connectivity index is 3.15. The summed E-state index contributed by atoms with van der Waals surface area (Å²) < 4.78 is 23.6. The third-order valence-corrected chi connectivity index (χ3v) is 2.49. The Bertz CT molecular complexity index is 460. The predicted octanol–water partition coefficient (Wildman–Crippen LogP) is 2.71. The quantitative estimate of drug-likeness (QED) is 0.365. The second-order valence-corrected chi connectivity index (χ2v) is 4.29. The van der Waals surface area contributed by atoms with Crippen LogP contribution in [0.4, 0.5) is 11.4 Å². The zero-order chi connectivity index (χ0) is 12.8. The first-order valence-electron chi connectivity index (χ1n) is 4.94. The van der Waals surface area contributed by atoms with Gasteiger partial charge in [-0.25, -0.2) is 0 Å². The Labute approximate surface area is 102 Å². The summed E-state index contributed by atoms with van der Waals surface area (Å²) in [4.78, 5) is 0. The molecule has 0 aliphatic rings. The van der Waals surface area contributed by atoms with Crippen LogP contribution in [0, 0.1) is 5.41 Å². The summed E-state index contributed by atoms with van der Waals surface area (Å²) in [5, 5.41) is 13.9. The molecule has 92 valence electrons. The first-order chi connectivity index (χ1) is 8.04. The van der Waals surface area contributed by atoms with Crippen LogP contribution in [0.25, 0.3) is 0 Å². The number of rotatable bonds is 5. The minimum absolute atomic E-state index is 0.282. The fourth-order valence-electron chi connectivity index (χ4n) is 1.26. The molecule has 0 amide bonds. The minimum Gasteiger partial charge on any atom is -0.755 e. The summed E-state index contributed by atoms with van der Waals surface area (Å²) >= 11 is -2.41. The van der Waals surface area contributed by atoms with Crippen molar-refractivity contribution >= 4 is 29.0 Å². The Hall–Kier alpha value is -1.60.